The normalized spacial score (nSPS) is 12.4. The first-order chi connectivity index (χ1) is 9.12. The van der Waals surface area contributed by atoms with Gasteiger partial charge in [-0.2, -0.15) is 0 Å². The lowest BCUT2D eigenvalue weighted by Crippen LogP contribution is -2.31. The number of rotatable bonds is 8. The van der Waals surface area contributed by atoms with Crippen molar-refractivity contribution in [3.8, 4) is 11.5 Å². The van der Waals surface area contributed by atoms with Crippen LogP contribution in [0.1, 0.15) is 5.56 Å². The molecule has 0 saturated carbocycles. The highest BCUT2D eigenvalue weighted by molar-refractivity contribution is 9.10. The number of halogens is 1. The Kier molecular flexibility index (Phi) is 7.15. The summed E-state index contributed by atoms with van der Waals surface area (Å²) in [6.07, 6.45) is 0.0208. The summed E-state index contributed by atoms with van der Waals surface area (Å²) in [6.45, 7) is 1.88. The molecular formula is C13H20BrNO4. The molecule has 1 aromatic carbocycles. The lowest BCUT2D eigenvalue weighted by atomic mass is 10.2. The van der Waals surface area contributed by atoms with E-state index in [0.717, 1.165) is 5.56 Å². The van der Waals surface area contributed by atoms with Crippen molar-refractivity contribution in [2.24, 2.45) is 0 Å². The van der Waals surface area contributed by atoms with E-state index in [1.54, 1.807) is 20.3 Å². The van der Waals surface area contributed by atoms with Gasteiger partial charge in [0.1, 0.15) is 0 Å². The van der Waals surface area contributed by atoms with Gasteiger partial charge < -0.3 is 24.6 Å². The zero-order chi connectivity index (χ0) is 14.3. The summed E-state index contributed by atoms with van der Waals surface area (Å²) in [4.78, 5) is 0. The lowest BCUT2D eigenvalue weighted by molar-refractivity contribution is 0.0288. The second-order valence-corrected chi connectivity index (χ2v) is 4.93. The van der Waals surface area contributed by atoms with Gasteiger partial charge in [0.2, 0.25) is 0 Å². The molecule has 6 heteroatoms. The predicted molar refractivity (Wildman–Crippen MR) is 76.7 cm³/mol. The van der Waals surface area contributed by atoms with Gasteiger partial charge in [-0.15, -0.1) is 0 Å². The minimum atomic E-state index is 0.0208. The van der Waals surface area contributed by atoms with Gasteiger partial charge in [-0.25, -0.2) is 0 Å². The molecule has 1 rings (SSSR count). The van der Waals surface area contributed by atoms with E-state index in [4.69, 9.17) is 14.2 Å². The van der Waals surface area contributed by atoms with Gasteiger partial charge in [0.25, 0.3) is 0 Å². The summed E-state index contributed by atoms with van der Waals surface area (Å²) in [5.41, 5.74) is 1.01. The quantitative estimate of drug-likeness (QED) is 0.761. The van der Waals surface area contributed by atoms with Crippen LogP contribution in [0.4, 0.5) is 0 Å². The van der Waals surface area contributed by atoms with E-state index in [-0.39, 0.29) is 11.9 Å². The van der Waals surface area contributed by atoms with E-state index < -0.39 is 0 Å². The molecule has 0 fully saturated rings. The Labute approximate surface area is 122 Å². The van der Waals surface area contributed by atoms with Gasteiger partial charge in [0.05, 0.1) is 24.3 Å². The smallest absolute Gasteiger partial charge is 0.172 e. The van der Waals surface area contributed by atoms with Crippen molar-refractivity contribution in [1.82, 2.24) is 5.32 Å². The number of hydrogen-bond donors (Lipinski definition) is 2. The highest BCUT2D eigenvalue weighted by Crippen LogP contribution is 2.35. The molecule has 1 atom stereocenters. The second-order valence-electron chi connectivity index (χ2n) is 4.07. The number of hydrogen-bond acceptors (Lipinski definition) is 5. The Bertz CT molecular complexity index is 400. The van der Waals surface area contributed by atoms with E-state index in [1.165, 1.54) is 7.11 Å². The molecule has 0 aliphatic carbocycles. The Morgan fingerprint density at radius 2 is 2.05 bits per heavy atom. The van der Waals surface area contributed by atoms with Gasteiger partial charge in [-0.1, -0.05) is 0 Å². The third-order valence-corrected chi connectivity index (χ3v) is 3.30. The summed E-state index contributed by atoms with van der Waals surface area (Å²) in [5, 5.41) is 13.0. The van der Waals surface area contributed by atoms with E-state index >= 15 is 0 Å². The Morgan fingerprint density at radius 1 is 1.32 bits per heavy atom. The fourth-order valence-corrected chi connectivity index (χ4v) is 2.15. The third kappa shape index (κ3) is 4.99. The summed E-state index contributed by atoms with van der Waals surface area (Å²) in [7, 11) is 4.83. The van der Waals surface area contributed by atoms with Gasteiger partial charge in [-0.05, 0) is 33.6 Å². The van der Waals surface area contributed by atoms with E-state index in [1.807, 2.05) is 6.07 Å². The largest absolute Gasteiger partial charge is 0.503 e. The monoisotopic (exact) mass is 333 g/mol. The van der Waals surface area contributed by atoms with E-state index in [0.29, 0.717) is 29.9 Å². The van der Waals surface area contributed by atoms with Gasteiger partial charge in [0, 0.05) is 27.3 Å². The lowest BCUT2D eigenvalue weighted by Gasteiger charge is -2.15. The standard InChI is InChI=1S/C13H20BrNO4/c1-17-8-10(18-2)7-15-6-9-4-11(14)13(16)12(5-9)19-3/h4-5,10,15-16H,6-8H2,1-3H3. The maximum absolute atomic E-state index is 9.71. The molecule has 1 aromatic rings. The van der Waals surface area contributed by atoms with Crippen LogP contribution in [0, 0.1) is 0 Å². The van der Waals surface area contributed by atoms with Crippen molar-refractivity contribution >= 4 is 15.9 Å². The van der Waals surface area contributed by atoms with Gasteiger partial charge in [-0.3, -0.25) is 0 Å². The van der Waals surface area contributed by atoms with Gasteiger partial charge >= 0.3 is 0 Å². The molecule has 19 heavy (non-hydrogen) atoms. The molecular weight excluding hydrogens is 314 g/mol. The third-order valence-electron chi connectivity index (χ3n) is 2.70. The van der Waals surface area contributed by atoms with Crippen LogP contribution in [0.2, 0.25) is 0 Å². The van der Waals surface area contributed by atoms with Gasteiger partial charge in [0.15, 0.2) is 11.5 Å². The highest BCUT2D eigenvalue weighted by Gasteiger charge is 2.10. The highest BCUT2D eigenvalue weighted by atomic mass is 79.9. The number of methoxy groups -OCH3 is 3. The summed E-state index contributed by atoms with van der Waals surface area (Å²) in [5.74, 6) is 0.562. The average Bonchev–Trinajstić information content (AvgIpc) is 2.41. The number of phenols is 1. The molecule has 0 saturated heterocycles. The van der Waals surface area contributed by atoms with Crippen molar-refractivity contribution in [3.63, 3.8) is 0 Å². The Balaban J connectivity index is 2.56. The number of benzene rings is 1. The summed E-state index contributed by atoms with van der Waals surface area (Å²) < 4.78 is 16.0. The molecule has 0 aromatic heterocycles. The first-order valence-corrected chi connectivity index (χ1v) is 6.69. The molecule has 0 heterocycles. The maximum Gasteiger partial charge on any atom is 0.172 e. The fourth-order valence-electron chi connectivity index (χ4n) is 1.66. The molecule has 5 nitrogen and oxygen atoms in total. The SMILES string of the molecule is COCC(CNCc1cc(Br)c(O)c(OC)c1)OC. The van der Waals surface area contributed by atoms with Crippen LogP contribution >= 0.6 is 15.9 Å². The molecule has 1 unspecified atom stereocenters. The molecule has 108 valence electrons. The minimum Gasteiger partial charge on any atom is -0.503 e. The summed E-state index contributed by atoms with van der Waals surface area (Å²) in [6, 6.07) is 3.65. The molecule has 0 amide bonds. The van der Waals surface area contributed by atoms with Crippen molar-refractivity contribution < 1.29 is 19.3 Å². The van der Waals surface area contributed by atoms with Crippen LogP contribution in [0.15, 0.2) is 16.6 Å². The number of aromatic hydroxyl groups is 1. The zero-order valence-electron chi connectivity index (χ0n) is 11.4. The maximum atomic E-state index is 9.71. The number of ether oxygens (including phenoxy) is 3. The zero-order valence-corrected chi connectivity index (χ0v) is 13.0. The van der Waals surface area contributed by atoms with Crippen LogP contribution in [0.3, 0.4) is 0 Å². The second kappa shape index (κ2) is 8.37. The Hall–Kier alpha value is -0.820. The van der Waals surface area contributed by atoms with Crippen molar-refractivity contribution in [1.29, 1.82) is 0 Å². The average molecular weight is 334 g/mol. The molecule has 2 N–H and O–H groups in total. The van der Waals surface area contributed by atoms with Crippen LogP contribution in [-0.2, 0) is 16.0 Å². The predicted octanol–water partition coefficient (Wildman–Crippen LogP) is 1.91. The van der Waals surface area contributed by atoms with Crippen molar-refractivity contribution in [3.05, 3.63) is 22.2 Å². The van der Waals surface area contributed by atoms with E-state index in [9.17, 15) is 5.11 Å². The topological polar surface area (TPSA) is 60.0 Å². The van der Waals surface area contributed by atoms with E-state index in [2.05, 4.69) is 21.2 Å². The van der Waals surface area contributed by atoms with Crippen LogP contribution in [0.25, 0.3) is 0 Å². The fraction of sp³-hybridized carbons (Fsp3) is 0.538. The number of phenolic OH excluding ortho intramolecular Hbond substituents is 1. The van der Waals surface area contributed by atoms with Crippen molar-refractivity contribution in [2.75, 3.05) is 34.5 Å². The van der Waals surface area contributed by atoms with Crippen LogP contribution in [-0.4, -0.2) is 45.7 Å². The minimum absolute atomic E-state index is 0.0208. The Morgan fingerprint density at radius 3 is 2.63 bits per heavy atom. The summed E-state index contributed by atoms with van der Waals surface area (Å²) >= 11 is 3.29. The molecule has 0 spiro atoms. The molecule has 0 aliphatic rings. The van der Waals surface area contributed by atoms with Crippen molar-refractivity contribution in [2.45, 2.75) is 12.6 Å². The number of nitrogens with one attached hydrogen (secondary N) is 1. The first kappa shape index (κ1) is 16.2. The van der Waals surface area contributed by atoms with Crippen LogP contribution in [0.5, 0.6) is 11.5 Å². The molecule has 0 bridgehead atoms. The first-order valence-electron chi connectivity index (χ1n) is 5.90. The molecule has 0 radical (unpaired) electrons. The molecule has 0 aliphatic heterocycles. The van der Waals surface area contributed by atoms with Crippen LogP contribution < -0.4 is 10.1 Å².